The Morgan fingerprint density at radius 1 is 0.571 bits per heavy atom. The molecule has 0 aliphatic carbocycles. The van der Waals surface area contributed by atoms with Crippen molar-refractivity contribution in [2.45, 2.75) is 202 Å². The number of hydrogen-bond acceptors (Lipinski definition) is 6. The lowest BCUT2D eigenvalue weighted by atomic mass is 9.75. The first-order chi connectivity index (χ1) is 26.8. The number of esters is 2. The topological polar surface area (TPSA) is 97.0 Å². The maximum Gasteiger partial charge on any atom is 0.314 e. The first-order valence-corrected chi connectivity index (χ1v) is 23.1. The molecule has 0 bridgehead atoms. The summed E-state index contributed by atoms with van der Waals surface area (Å²) in [5.41, 5.74) is 0.164. The Bertz CT molecular complexity index is 970. The Morgan fingerprint density at radius 3 is 1.48 bits per heavy atom. The lowest BCUT2D eigenvalue weighted by molar-refractivity contribution is -0.143. The molecule has 0 saturated heterocycles. The molecule has 0 saturated carbocycles. The van der Waals surface area contributed by atoms with Crippen LogP contribution in [-0.4, -0.2) is 69.8 Å². The van der Waals surface area contributed by atoms with E-state index in [4.69, 9.17) is 9.47 Å². The summed E-state index contributed by atoms with van der Waals surface area (Å²) in [5, 5.41) is 6.36. The van der Waals surface area contributed by atoms with E-state index >= 15 is 0 Å². The number of nitrogens with zero attached hydrogens (tertiary/aromatic N) is 1. The molecule has 8 nitrogen and oxygen atoms in total. The molecule has 0 rings (SSSR count). The van der Waals surface area contributed by atoms with Gasteiger partial charge < -0.3 is 25.0 Å². The third-order valence-corrected chi connectivity index (χ3v) is 10.4. The van der Waals surface area contributed by atoms with Crippen molar-refractivity contribution in [3.05, 3.63) is 24.3 Å². The first kappa shape index (κ1) is 53.6. The van der Waals surface area contributed by atoms with Gasteiger partial charge in [-0.05, 0) is 88.6 Å². The molecule has 2 amide bonds. The molecular weight excluding hydrogens is 699 g/mol. The fourth-order valence-electron chi connectivity index (χ4n) is 7.88. The van der Waals surface area contributed by atoms with Crippen LogP contribution in [0.1, 0.15) is 202 Å². The molecule has 0 aliphatic rings. The number of hydrogen-bond donors (Lipinski definition) is 2. The zero-order chi connectivity index (χ0) is 41.8. The summed E-state index contributed by atoms with van der Waals surface area (Å²) >= 11 is 0. The summed E-state index contributed by atoms with van der Waals surface area (Å²) in [6.45, 7) is 16.6. The number of nitrogens with one attached hydrogen (secondary N) is 2. The molecule has 0 aromatic rings. The van der Waals surface area contributed by atoms with Crippen LogP contribution in [0.15, 0.2) is 24.3 Å². The molecule has 0 radical (unpaired) electrons. The van der Waals surface area contributed by atoms with Crippen LogP contribution >= 0.6 is 0 Å². The fraction of sp³-hybridized carbons (Fsp3) is 0.854. The van der Waals surface area contributed by atoms with E-state index in [0.29, 0.717) is 45.1 Å². The monoisotopic (exact) mass is 790 g/mol. The predicted molar refractivity (Wildman–Crippen MR) is 238 cm³/mol. The summed E-state index contributed by atoms with van der Waals surface area (Å²) in [6.07, 6.45) is 35.2. The van der Waals surface area contributed by atoms with Crippen molar-refractivity contribution in [1.82, 2.24) is 15.5 Å². The molecule has 2 N–H and O–H groups in total. The van der Waals surface area contributed by atoms with Crippen molar-refractivity contribution in [3.8, 4) is 0 Å². The highest BCUT2D eigenvalue weighted by molar-refractivity contribution is 5.73. The Kier molecular flexibility index (Phi) is 34.3. The largest absolute Gasteiger partial charge is 0.461 e. The van der Waals surface area contributed by atoms with Crippen LogP contribution in [0.4, 0.5) is 4.79 Å². The smallest absolute Gasteiger partial charge is 0.314 e. The van der Waals surface area contributed by atoms with Gasteiger partial charge in [0.15, 0.2) is 0 Å². The van der Waals surface area contributed by atoms with Gasteiger partial charge in [-0.25, -0.2) is 4.79 Å². The van der Waals surface area contributed by atoms with Crippen molar-refractivity contribution < 1.29 is 23.9 Å². The summed E-state index contributed by atoms with van der Waals surface area (Å²) < 4.78 is 10.7. The molecule has 0 spiro atoms. The second-order valence-corrected chi connectivity index (χ2v) is 18.3. The van der Waals surface area contributed by atoms with Crippen molar-refractivity contribution in [2.24, 2.45) is 16.7 Å². The van der Waals surface area contributed by atoms with Gasteiger partial charge in [0, 0.05) is 32.5 Å². The van der Waals surface area contributed by atoms with Crippen LogP contribution in [0.2, 0.25) is 0 Å². The minimum absolute atomic E-state index is 0.00107. The van der Waals surface area contributed by atoms with Gasteiger partial charge in [-0.2, -0.15) is 0 Å². The minimum Gasteiger partial charge on any atom is -0.461 e. The van der Waals surface area contributed by atoms with Gasteiger partial charge in [-0.1, -0.05) is 156 Å². The second kappa shape index (κ2) is 35.8. The Balaban J connectivity index is 4.54. The van der Waals surface area contributed by atoms with Crippen molar-refractivity contribution >= 4 is 18.0 Å². The van der Waals surface area contributed by atoms with Crippen LogP contribution in [0, 0.1) is 16.7 Å². The van der Waals surface area contributed by atoms with E-state index in [1.165, 1.54) is 51.4 Å². The molecule has 0 unspecified atom stereocenters. The number of carbonyl (C=O) groups excluding carboxylic acids is 3. The third kappa shape index (κ3) is 37.2. The number of urea groups is 1. The van der Waals surface area contributed by atoms with Gasteiger partial charge in [-0.15, -0.1) is 0 Å². The number of ether oxygens (including phenoxy) is 2. The normalized spacial score (nSPS) is 12.8. The average Bonchev–Trinajstić information content (AvgIpc) is 3.12. The molecule has 56 heavy (non-hydrogen) atoms. The van der Waals surface area contributed by atoms with E-state index < -0.39 is 0 Å². The standard InChI is InChI=1S/C48H91N3O5/c1-9-11-13-15-17-25-31-37-55-44(52)35-29-23-19-21-27-33-43(39-49-46(54)50-41-47(3,4)40-48(5,6)42-51(7)8)34-28-22-20-24-30-36-45(53)56-38-32-26-18-16-14-12-10-2/h25-26,31-32,43H,9-24,27-30,33-42H2,1-8H3,(H2,49,50,54). The molecule has 0 heterocycles. The van der Waals surface area contributed by atoms with Gasteiger partial charge in [-0.3, -0.25) is 9.59 Å². The van der Waals surface area contributed by atoms with Crippen LogP contribution in [0.5, 0.6) is 0 Å². The van der Waals surface area contributed by atoms with Crippen LogP contribution in [-0.2, 0) is 19.1 Å². The SMILES string of the molecule is CCCCCCC=CCOC(=O)CCCCCCCC(CCCCCCCC(=O)OCC=CCCCCCC)CNC(=O)NCC(C)(C)CC(C)(C)CN(C)C. The van der Waals surface area contributed by atoms with Crippen molar-refractivity contribution in [3.63, 3.8) is 0 Å². The van der Waals surface area contributed by atoms with E-state index in [9.17, 15) is 14.4 Å². The molecule has 0 aromatic heterocycles. The van der Waals surface area contributed by atoms with Gasteiger partial charge in [0.2, 0.25) is 0 Å². The van der Waals surface area contributed by atoms with E-state index in [-0.39, 0.29) is 28.8 Å². The fourth-order valence-corrected chi connectivity index (χ4v) is 7.88. The maximum absolute atomic E-state index is 12.9. The number of amides is 2. The van der Waals surface area contributed by atoms with Crippen molar-refractivity contribution in [2.75, 3.05) is 46.9 Å². The van der Waals surface area contributed by atoms with E-state index in [1.54, 1.807) is 0 Å². The Labute approximate surface area is 346 Å². The highest BCUT2D eigenvalue weighted by atomic mass is 16.5. The first-order valence-electron chi connectivity index (χ1n) is 23.1. The lowest BCUT2D eigenvalue weighted by Crippen LogP contribution is -2.44. The molecule has 0 fully saturated rings. The Morgan fingerprint density at radius 2 is 1.02 bits per heavy atom. The summed E-state index contributed by atoms with van der Waals surface area (Å²) in [4.78, 5) is 39.4. The molecular formula is C48H91N3O5. The van der Waals surface area contributed by atoms with Crippen LogP contribution < -0.4 is 10.6 Å². The number of unbranched alkanes of at least 4 members (excludes halogenated alkanes) is 16. The highest BCUT2D eigenvalue weighted by Crippen LogP contribution is 2.33. The molecule has 0 atom stereocenters. The van der Waals surface area contributed by atoms with E-state index in [2.05, 4.69) is 83.3 Å². The molecule has 328 valence electrons. The van der Waals surface area contributed by atoms with Gasteiger partial charge >= 0.3 is 18.0 Å². The second-order valence-electron chi connectivity index (χ2n) is 18.3. The summed E-state index contributed by atoms with van der Waals surface area (Å²) in [6, 6.07) is -0.0720. The number of allylic oxidation sites excluding steroid dienone is 2. The van der Waals surface area contributed by atoms with Gasteiger partial charge in [0.05, 0.1) is 0 Å². The number of carbonyl (C=O) groups is 3. The Hall–Kier alpha value is -2.35. The highest BCUT2D eigenvalue weighted by Gasteiger charge is 2.29. The predicted octanol–water partition coefficient (Wildman–Crippen LogP) is 12.5. The van der Waals surface area contributed by atoms with E-state index in [1.807, 2.05) is 12.2 Å². The van der Waals surface area contributed by atoms with Gasteiger partial charge in [0.1, 0.15) is 13.2 Å². The summed E-state index contributed by atoms with van der Waals surface area (Å²) in [5.74, 6) is 0.251. The van der Waals surface area contributed by atoms with E-state index in [0.717, 1.165) is 103 Å². The zero-order valence-electron chi connectivity index (χ0n) is 38.1. The maximum atomic E-state index is 12.9. The molecule has 8 heteroatoms. The summed E-state index contributed by atoms with van der Waals surface area (Å²) in [7, 11) is 4.23. The lowest BCUT2D eigenvalue weighted by Gasteiger charge is -2.36. The molecule has 0 aliphatic heterocycles. The van der Waals surface area contributed by atoms with Crippen molar-refractivity contribution in [1.29, 1.82) is 0 Å². The minimum atomic E-state index is -0.0955. The zero-order valence-corrected chi connectivity index (χ0v) is 38.1. The average molecular weight is 790 g/mol. The van der Waals surface area contributed by atoms with Crippen LogP contribution in [0.25, 0.3) is 0 Å². The quantitative estimate of drug-likeness (QED) is 0.0367. The van der Waals surface area contributed by atoms with Gasteiger partial charge in [0.25, 0.3) is 0 Å². The third-order valence-electron chi connectivity index (χ3n) is 10.4. The molecule has 0 aromatic carbocycles. The number of rotatable bonds is 38. The van der Waals surface area contributed by atoms with Crippen LogP contribution in [0.3, 0.4) is 0 Å².